The quantitative estimate of drug-likeness (QED) is 0.723. The molecule has 0 aliphatic rings. The van der Waals surface area contributed by atoms with E-state index >= 15 is 0 Å². The summed E-state index contributed by atoms with van der Waals surface area (Å²) in [4.78, 5) is 16.6. The van der Waals surface area contributed by atoms with Gasteiger partial charge in [-0.05, 0) is 17.7 Å². The molecule has 3 rings (SSSR count). The van der Waals surface area contributed by atoms with Crippen molar-refractivity contribution in [2.45, 2.75) is 6.04 Å². The second kappa shape index (κ2) is 7.53. The fourth-order valence-electron chi connectivity index (χ4n) is 2.76. The molecule has 0 unspecified atom stereocenters. The van der Waals surface area contributed by atoms with Crippen molar-refractivity contribution >= 4 is 32.3 Å². The van der Waals surface area contributed by atoms with Crippen LogP contribution in [0.15, 0.2) is 67.0 Å². The van der Waals surface area contributed by atoms with E-state index in [9.17, 15) is 13.2 Å². The summed E-state index contributed by atoms with van der Waals surface area (Å²) in [7, 11) is -3.28. The highest BCUT2D eigenvalue weighted by molar-refractivity contribution is 7.90. The highest BCUT2D eigenvalue weighted by atomic mass is 32.2. The molecule has 0 fully saturated rings. The number of nitrogens with zero attached hydrogens (tertiary/aromatic N) is 1. The van der Waals surface area contributed by atoms with Crippen molar-refractivity contribution in [3.8, 4) is 0 Å². The van der Waals surface area contributed by atoms with Gasteiger partial charge in [-0.25, -0.2) is 13.2 Å². The van der Waals surface area contributed by atoms with E-state index in [2.05, 4.69) is 15.6 Å². The van der Waals surface area contributed by atoms with Gasteiger partial charge in [0.25, 0.3) is 0 Å². The van der Waals surface area contributed by atoms with Crippen molar-refractivity contribution in [1.29, 1.82) is 0 Å². The summed E-state index contributed by atoms with van der Waals surface area (Å²) in [5, 5.41) is 7.32. The Kier molecular flexibility index (Phi) is 5.18. The van der Waals surface area contributed by atoms with E-state index in [0.29, 0.717) is 5.69 Å². The standard InChI is InChI=1S/C19H19N3O3S/c1-26(24,25)13-18(14-6-3-2-4-7-14)22-19(23)21-17-9-5-8-15-12-20-11-10-16(15)17/h2-12,18H,13H2,1H3,(H2,21,22,23)/t18-/m1/s1. The van der Waals surface area contributed by atoms with Crippen molar-refractivity contribution in [3.05, 3.63) is 72.6 Å². The van der Waals surface area contributed by atoms with Gasteiger partial charge in [-0.1, -0.05) is 42.5 Å². The van der Waals surface area contributed by atoms with Crippen LogP contribution in [0.1, 0.15) is 11.6 Å². The van der Waals surface area contributed by atoms with Crippen LogP contribution >= 0.6 is 0 Å². The lowest BCUT2D eigenvalue weighted by molar-refractivity contribution is 0.249. The van der Waals surface area contributed by atoms with Gasteiger partial charge in [0.05, 0.1) is 17.5 Å². The van der Waals surface area contributed by atoms with Crippen molar-refractivity contribution in [2.75, 3.05) is 17.3 Å². The zero-order valence-electron chi connectivity index (χ0n) is 14.2. The maximum Gasteiger partial charge on any atom is 0.319 e. The van der Waals surface area contributed by atoms with Crippen molar-refractivity contribution in [3.63, 3.8) is 0 Å². The Morgan fingerprint density at radius 1 is 1.08 bits per heavy atom. The maximum absolute atomic E-state index is 12.5. The van der Waals surface area contributed by atoms with Crippen LogP contribution in [0.25, 0.3) is 10.8 Å². The number of carbonyl (C=O) groups is 1. The first-order valence-electron chi connectivity index (χ1n) is 8.05. The van der Waals surface area contributed by atoms with Crippen LogP contribution in [-0.4, -0.2) is 31.4 Å². The number of fused-ring (bicyclic) bond motifs is 1. The first kappa shape index (κ1) is 17.9. The monoisotopic (exact) mass is 369 g/mol. The molecule has 0 saturated carbocycles. The van der Waals surface area contributed by atoms with Crippen LogP contribution in [0.2, 0.25) is 0 Å². The Morgan fingerprint density at radius 2 is 1.85 bits per heavy atom. The summed E-state index contributed by atoms with van der Waals surface area (Å²) >= 11 is 0. The Bertz CT molecular complexity index is 1020. The fraction of sp³-hybridized carbons (Fsp3) is 0.158. The van der Waals surface area contributed by atoms with E-state index in [-0.39, 0.29) is 5.75 Å². The molecular formula is C19H19N3O3S. The topological polar surface area (TPSA) is 88.2 Å². The van der Waals surface area contributed by atoms with E-state index in [1.165, 1.54) is 0 Å². The molecule has 0 bridgehead atoms. The Labute approximate surface area is 152 Å². The maximum atomic E-state index is 12.5. The van der Waals surface area contributed by atoms with Crippen molar-refractivity contribution in [2.24, 2.45) is 0 Å². The molecule has 1 heterocycles. The number of amides is 2. The molecule has 0 saturated heterocycles. The average molecular weight is 369 g/mol. The van der Waals surface area contributed by atoms with Gasteiger partial charge in [0.2, 0.25) is 0 Å². The molecule has 0 aliphatic heterocycles. The lowest BCUT2D eigenvalue weighted by Crippen LogP contribution is -2.36. The molecule has 134 valence electrons. The molecule has 1 atom stereocenters. The number of aromatic nitrogens is 1. The number of carbonyl (C=O) groups excluding carboxylic acids is 1. The van der Waals surface area contributed by atoms with Crippen LogP contribution < -0.4 is 10.6 Å². The number of hydrogen-bond donors (Lipinski definition) is 2. The molecule has 6 nitrogen and oxygen atoms in total. The summed E-state index contributed by atoms with van der Waals surface area (Å²) in [5.41, 5.74) is 1.36. The van der Waals surface area contributed by atoms with Crippen molar-refractivity contribution in [1.82, 2.24) is 10.3 Å². The van der Waals surface area contributed by atoms with Crippen LogP contribution in [-0.2, 0) is 9.84 Å². The largest absolute Gasteiger partial charge is 0.330 e. The average Bonchev–Trinajstić information content (AvgIpc) is 2.61. The third kappa shape index (κ3) is 4.58. The van der Waals surface area contributed by atoms with Gasteiger partial charge in [-0.15, -0.1) is 0 Å². The van der Waals surface area contributed by atoms with E-state index in [1.807, 2.05) is 36.4 Å². The number of nitrogens with one attached hydrogen (secondary N) is 2. The van der Waals surface area contributed by atoms with Crippen LogP contribution in [0.3, 0.4) is 0 Å². The van der Waals surface area contributed by atoms with E-state index in [1.54, 1.807) is 30.6 Å². The molecule has 0 radical (unpaired) electrons. The number of urea groups is 1. The summed E-state index contributed by atoms with van der Waals surface area (Å²) in [5.74, 6) is -0.177. The van der Waals surface area contributed by atoms with Crippen molar-refractivity contribution < 1.29 is 13.2 Å². The molecule has 2 aromatic carbocycles. The van der Waals surface area contributed by atoms with Gasteiger partial charge >= 0.3 is 6.03 Å². The number of pyridine rings is 1. The molecular weight excluding hydrogens is 350 g/mol. The Hall–Kier alpha value is -2.93. The van der Waals surface area contributed by atoms with E-state index in [4.69, 9.17) is 0 Å². The summed E-state index contributed by atoms with van der Waals surface area (Å²) in [6.45, 7) is 0. The highest BCUT2D eigenvalue weighted by Gasteiger charge is 2.20. The number of sulfone groups is 1. The molecule has 0 aliphatic carbocycles. The number of benzene rings is 2. The second-order valence-electron chi connectivity index (χ2n) is 6.06. The number of rotatable bonds is 5. The summed E-state index contributed by atoms with van der Waals surface area (Å²) in [6, 6.07) is 15.3. The third-order valence-electron chi connectivity index (χ3n) is 3.91. The minimum Gasteiger partial charge on any atom is -0.330 e. The van der Waals surface area contributed by atoms with Gasteiger partial charge in [0.15, 0.2) is 0 Å². The fourth-order valence-corrected chi connectivity index (χ4v) is 3.64. The molecule has 0 spiro atoms. The summed E-state index contributed by atoms with van der Waals surface area (Å²) in [6.07, 6.45) is 4.52. The second-order valence-corrected chi connectivity index (χ2v) is 8.24. The zero-order valence-corrected chi connectivity index (χ0v) is 15.0. The van der Waals surface area contributed by atoms with Gasteiger partial charge in [-0.2, -0.15) is 0 Å². The minimum atomic E-state index is -3.28. The SMILES string of the molecule is CS(=O)(=O)C[C@@H](NC(=O)Nc1cccc2cnccc12)c1ccccc1. The number of anilines is 1. The predicted molar refractivity (Wildman–Crippen MR) is 103 cm³/mol. The molecule has 2 N–H and O–H groups in total. The normalized spacial score (nSPS) is 12.5. The van der Waals surface area contributed by atoms with Gasteiger partial charge in [0, 0.05) is 29.4 Å². The highest BCUT2D eigenvalue weighted by Crippen LogP contribution is 2.22. The van der Waals surface area contributed by atoms with Crippen LogP contribution in [0, 0.1) is 0 Å². The Morgan fingerprint density at radius 3 is 2.58 bits per heavy atom. The molecule has 7 heteroatoms. The van der Waals surface area contributed by atoms with Crippen LogP contribution in [0.5, 0.6) is 0 Å². The van der Waals surface area contributed by atoms with Gasteiger partial charge < -0.3 is 10.6 Å². The summed E-state index contributed by atoms with van der Waals surface area (Å²) < 4.78 is 23.5. The lowest BCUT2D eigenvalue weighted by atomic mass is 10.1. The van der Waals surface area contributed by atoms with Gasteiger partial charge in [0.1, 0.15) is 9.84 Å². The molecule has 3 aromatic rings. The van der Waals surface area contributed by atoms with E-state index < -0.39 is 21.9 Å². The van der Waals surface area contributed by atoms with E-state index in [0.717, 1.165) is 22.6 Å². The minimum absolute atomic E-state index is 0.177. The number of hydrogen-bond acceptors (Lipinski definition) is 4. The Balaban J connectivity index is 1.81. The predicted octanol–water partition coefficient (Wildman–Crippen LogP) is 3.14. The first-order valence-corrected chi connectivity index (χ1v) is 10.1. The third-order valence-corrected chi connectivity index (χ3v) is 4.84. The van der Waals surface area contributed by atoms with Crippen LogP contribution in [0.4, 0.5) is 10.5 Å². The first-order chi connectivity index (χ1) is 12.4. The smallest absolute Gasteiger partial charge is 0.319 e. The lowest BCUT2D eigenvalue weighted by Gasteiger charge is -2.19. The molecule has 26 heavy (non-hydrogen) atoms. The zero-order chi connectivity index (χ0) is 18.6. The molecule has 2 amide bonds. The molecule has 1 aromatic heterocycles. The van der Waals surface area contributed by atoms with Gasteiger partial charge in [-0.3, -0.25) is 4.98 Å².